The van der Waals surface area contributed by atoms with Crippen LogP contribution in [0.15, 0.2) is 6.20 Å². The average molecular weight is 188 g/mol. The standard InChI is InChI=1S/C8H14ClN3/c1-3-7(4-10)12-5-8(9)6(2)11-12/h5,7H,3-4,10H2,1-2H3. The highest BCUT2D eigenvalue weighted by atomic mass is 35.5. The molecule has 0 saturated heterocycles. The van der Waals surface area contributed by atoms with Crippen LogP contribution in [-0.4, -0.2) is 16.3 Å². The van der Waals surface area contributed by atoms with E-state index in [0.717, 1.165) is 12.1 Å². The van der Waals surface area contributed by atoms with Crippen LogP contribution in [0.2, 0.25) is 5.02 Å². The molecule has 1 atom stereocenters. The lowest BCUT2D eigenvalue weighted by Gasteiger charge is -2.11. The molecule has 68 valence electrons. The second-order valence-corrected chi connectivity index (χ2v) is 3.25. The maximum Gasteiger partial charge on any atom is 0.0815 e. The van der Waals surface area contributed by atoms with Crippen molar-refractivity contribution < 1.29 is 0 Å². The topological polar surface area (TPSA) is 43.8 Å². The number of aryl methyl sites for hydroxylation is 1. The Bertz CT molecular complexity index is 233. The van der Waals surface area contributed by atoms with E-state index < -0.39 is 0 Å². The number of nitrogens with zero attached hydrogens (tertiary/aromatic N) is 2. The van der Waals surface area contributed by atoms with Crippen molar-refractivity contribution in [2.45, 2.75) is 26.3 Å². The molecule has 0 fully saturated rings. The summed E-state index contributed by atoms with van der Waals surface area (Å²) in [6.07, 6.45) is 2.81. The van der Waals surface area contributed by atoms with E-state index >= 15 is 0 Å². The smallest absolute Gasteiger partial charge is 0.0815 e. The van der Waals surface area contributed by atoms with Crippen LogP contribution in [0.4, 0.5) is 0 Å². The van der Waals surface area contributed by atoms with Gasteiger partial charge in [0.1, 0.15) is 0 Å². The molecule has 4 heteroatoms. The highest BCUT2D eigenvalue weighted by Crippen LogP contribution is 2.16. The highest BCUT2D eigenvalue weighted by molar-refractivity contribution is 6.31. The maximum atomic E-state index is 5.86. The predicted molar refractivity (Wildman–Crippen MR) is 50.4 cm³/mol. The first-order valence-corrected chi connectivity index (χ1v) is 4.48. The van der Waals surface area contributed by atoms with E-state index in [1.54, 1.807) is 0 Å². The summed E-state index contributed by atoms with van der Waals surface area (Å²) in [6, 6.07) is 0.274. The summed E-state index contributed by atoms with van der Waals surface area (Å²) < 4.78 is 1.84. The molecule has 3 nitrogen and oxygen atoms in total. The van der Waals surface area contributed by atoms with Gasteiger partial charge in [0, 0.05) is 12.7 Å². The van der Waals surface area contributed by atoms with Gasteiger partial charge in [0.25, 0.3) is 0 Å². The van der Waals surface area contributed by atoms with Crippen molar-refractivity contribution in [3.63, 3.8) is 0 Å². The third-order valence-electron chi connectivity index (χ3n) is 1.97. The molecular formula is C8H14ClN3. The van der Waals surface area contributed by atoms with Crippen LogP contribution in [-0.2, 0) is 0 Å². The molecule has 0 bridgehead atoms. The molecule has 1 aromatic rings. The lowest BCUT2D eigenvalue weighted by atomic mass is 10.2. The van der Waals surface area contributed by atoms with Gasteiger partial charge in [0.05, 0.1) is 16.8 Å². The van der Waals surface area contributed by atoms with Crippen LogP contribution >= 0.6 is 11.6 Å². The van der Waals surface area contributed by atoms with Gasteiger partial charge in [-0.3, -0.25) is 4.68 Å². The predicted octanol–water partition coefficient (Wildman–Crippen LogP) is 1.75. The van der Waals surface area contributed by atoms with E-state index in [0.29, 0.717) is 11.6 Å². The van der Waals surface area contributed by atoms with Gasteiger partial charge >= 0.3 is 0 Å². The van der Waals surface area contributed by atoms with Crippen molar-refractivity contribution >= 4 is 11.6 Å². The quantitative estimate of drug-likeness (QED) is 0.784. The van der Waals surface area contributed by atoms with Crippen molar-refractivity contribution in [2.75, 3.05) is 6.54 Å². The zero-order chi connectivity index (χ0) is 9.14. The number of hydrogen-bond acceptors (Lipinski definition) is 2. The molecule has 0 amide bonds. The van der Waals surface area contributed by atoms with Crippen LogP contribution in [0.1, 0.15) is 25.1 Å². The molecule has 2 N–H and O–H groups in total. The molecule has 0 aliphatic rings. The van der Waals surface area contributed by atoms with Crippen LogP contribution in [0, 0.1) is 6.92 Å². The Morgan fingerprint density at radius 2 is 2.42 bits per heavy atom. The number of rotatable bonds is 3. The summed E-state index contributed by atoms with van der Waals surface area (Å²) in [5, 5.41) is 4.97. The Labute approximate surface area is 77.5 Å². The van der Waals surface area contributed by atoms with E-state index in [1.165, 1.54) is 0 Å². The molecule has 12 heavy (non-hydrogen) atoms. The second-order valence-electron chi connectivity index (χ2n) is 2.84. The van der Waals surface area contributed by atoms with E-state index in [-0.39, 0.29) is 6.04 Å². The Morgan fingerprint density at radius 3 is 2.75 bits per heavy atom. The molecule has 1 rings (SSSR count). The van der Waals surface area contributed by atoms with Crippen LogP contribution in [0.3, 0.4) is 0 Å². The van der Waals surface area contributed by atoms with E-state index in [1.807, 2.05) is 17.8 Å². The summed E-state index contributed by atoms with van der Waals surface area (Å²) in [5.74, 6) is 0. The fourth-order valence-electron chi connectivity index (χ4n) is 1.11. The summed E-state index contributed by atoms with van der Waals surface area (Å²) in [4.78, 5) is 0. The van der Waals surface area contributed by atoms with Gasteiger partial charge in [-0.25, -0.2) is 0 Å². The summed E-state index contributed by atoms with van der Waals surface area (Å²) >= 11 is 5.86. The monoisotopic (exact) mass is 187 g/mol. The number of hydrogen-bond donors (Lipinski definition) is 1. The molecule has 0 aliphatic carbocycles. The van der Waals surface area contributed by atoms with Crippen molar-refractivity contribution in [3.05, 3.63) is 16.9 Å². The first-order chi connectivity index (χ1) is 5.69. The summed E-state index contributed by atoms with van der Waals surface area (Å²) in [5.41, 5.74) is 6.44. The molecule has 1 aromatic heterocycles. The Morgan fingerprint density at radius 1 is 1.75 bits per heavy atom. The minimum Gasteiger partial charge on any atom is -0.328 e. The molecule has 0 saturated carbocycles. The van der Waals surface area contributed by atoms with Crippen LogP contribution < -0.4 is 5.73 Å². The molecule has 0 radical (unpaired) electrons. The molecule has 1 unspecified atom stereocenters. The Hall–Kier alpha value is -0.540. The van der Waals surface area contributed by atoms with Gasteiger partial charge in [-0.2, -0.15) is 5.10 Å². The Balaban J connectivity index is 2.86. The van der Waals surface area contributed by atoms with Crippen molar-refractivity contribution in [3.8, 4) is 0 Å². The fourth-order valence-corrected chi connectivity index (χ4v) is 1.25. The van der Waals surface area contributed by atoms with Crippen molar-refractivity contribution in [1.82, 2.24) is 9.78 Å². The molecular weight excluding hydrogens is 174 g/mol. The van der Waals surface area contributed by atoms with E-state index in [4.69, 9.17) is 17.3 Å². The van der Waals surface area contributed by atoms with Gasteiger partial charge in [0.15, 0.2) is 0 Å². The molecule has 0 aliphatic heterocycles. The summed E-state index contributed by atoms with van der Waals surface area (Å²) in [7, 11) is 0. The molecule has 1 heterocycles. The second kappa shape index (κ2) is 3.92. The first-order valence-electron chi connectivity index (χ1n) is 4.10. The minimum absolute atomic E-state index is 0.274. The van der Waals surface area contributed by atoms with Crippen LogP contribution in [0.5, 0.6) is 0 Å². The van der Waals surface area contributed by atoms with E-state index in [2.05, 4.69) is 12.0 Å². The SMILES string of the molecule is CCC(CN)n1cc(Cl)c(C)n1. The number of nitrogens with two attached hydrogens (primary N) is 1. The first kappa shape index (κ1) is 9.55. The molecule has 0 aromatic carbocycles. The zero-order valence-electron chi connectivity index (χ0n) is 7.42. The van der Waals surface area contributed by atoms with Gasteiger partial charge in [-0.15, -0.1) is 0 Å². The van der Waals surface area contributed by atoms with Crippen LogP contribution in [0.25, 0.3) is 0 Å². The van der Waals surface area contributed by atoms with Gasteiger partial charge in [-0.1, -0.05) is 18.5 Å². The number of halogens is 1. The lowest BCUT2D eigenvalue weighted by Crippen LogP contribution is -2.18. The van der Waals surface area contributed by atoms with Gasteiger partial charge in [0.2, 0.25) is 0 Å². The number of aromatic nitrogens is 2. The van der Waals surface area contributed by atoms with E-state index in [9.17, 15) is 0 Å². The van der Waals surface area contributed by atoms with Gasteiger partial charge in [-0.05, 0) is 13.3 Å². The summed E-state index contributed by atoms with van der Waals surface area (Å²) in [6.45, 7) is 4.58. The normalized spacial score (nSPS) is 13.3. The Kier molecular flexibility index (Phi) is 3.12. The maximum absolute atomic E-state index is 5.86. The lowest BCUT2D eigenvalue weighted by molar-refractivity contribution is 0.448. The minimum atomic E-state index is 0.274. The third kappa shape index (κ3) is 1.79. The zero-order valence-corrected chi connectivity index (χ0v) is 8.17. The average Bonchev–Trinajstić information content (AvgIpc) is 2.35. The highest BCUT2D eigenvalue weighted by Gasteiger charge is 2.09. The van der Waals surface area contributed by atoms with Gasteiger partial charge < -0.3 is 5.73 Å². The largest absolute Gasteiger partial charge is 0.328 e. The fraction of sp³-hybridized carbons (Fsp3) is 0.625. The molecule has 0 spiro atoms. The van der Waals surface area contributed by atoms with Crippen molar-refractivity contribution in [1.29, 1.82) is 0 Å². The van der Waals surface area contributed by atoms with Crippen molar-refractivity contribution in [2.24, 2.45) is 5.73 Å². The third-order valence-corrected chi connectivity index (χ3v) is 2.35.